The fourth-order valence-electron chi connectivity index (χ4n) is 5.16. The van der Waals surface area contributed by atoms with E-state index in [9.17, 15) is 18.8 Å². The van der Waals surface area contributed by atoms with E-state index in [0.717, 1.165) is 41.7 Å². The van der Waals surface area contributed by atoms with Gasteiger partial charge in [0.05, 0.1) is 12.8 Å². The molecule has 3 aliphatic heterocycles. The molecule has 36 heavy (non-hydrogen) atoms. The summed E-state index contributed by atoms with van der Waals surface area (Å²) in [7, 11) is -2.87. The summed E-state index contributed by atoms with van der Waals surface area (Å²) in [5.41, 5.74) is 3.89. The number of rotatable bonds is 5. The van der Waals surface area contributed by atoms with Gasteiger partial charge in [0, 0.05) is 24.7 Å². The fraction of sp³-hybridized carbons (Fsp3) is 0.280. The Balaban J connectivity index is 1.37. The molecule has 10 nitrogen and oxygen atoms in total. The van der Waals surface area contributed by atoms with Gasteiger partial charge in [0.25, 0.3) is 0 Å². The predicted molar refractivity (Wildman–Crippen MR) is 128 cm³/mol. The van der Waals surface area contributed by atoms with E-state index < -0.39 is 15.3 Å². The Morgan fingerprint density at radius 3 is 2.69 bits per heavy atom. The van der Waals surface area contributed by atoms with Crippen LogP contribution >= 0.6 is 0 Å². The molecule has 3 heterocycles. The highest BCUT2D eigenvalue weighted by Gasteiger charge is 2.36. The number of fused-ring (bicyclic) bond motifs is 5. The zero-order valence-electron chi connectivity index (χ0n) is 19.3. The zero-order chi connectivity index (χ0) is 25.0. The van der Waals surface area contributed by atoms with Gasteiger partial charge in [0.15, 0.2) is 23.0 Å². The van der Waals surface area contributed by atoms with Crippen LogP contribution in [-0.2, 0) is 29.5 Å². The lowest BCUT2D eigenvalue weighted by Gasteiger charge is -2.42. The van der Waals surface area contributed by atoms with Crippen molar-refractivity contribution in [1.82, 2.24) is 4.90 Å². The summed E-state index contributed by atoms with van der Waals surface area (Å²) in [5.74, 6) is 1.93. The standard InChI is InChI=1S/C25H23N2O8S/c1-32-22-6-5-15-9-21-19-12-24-23(33-14-34-24)10-16(19)7-8-26(21)13-20(15)25(22)35-36(30,31)18-4-2-3-17(11-18)27(28)29/h2-6,10-12,21,28H,7-9,13-14H2,1H3/q-1. The van der Waals surface area contributed by atoms with Crippen molar-refractivity contribution in [3.63, 3.8) is 0 Å². The normalized spacial score (nSPS) is 18.1. The minimum atomic E-state index is -4.33. The number of methoxy groups -OCH3 is 1. The maximum absolute atomic E-state index is 13.2. The lowest BCUT2D eigenvalue weighted by atomic mass is 9.83. The summed E-state index contributed by atoms with van der Waals surface area (Å²) >= 11 is 0. The smallest absolute Gasteiger partial charge is 0.339 e. The first-order chi connectivity index (χ1) is 17.3. The second-order valence-electron chi connectivity index (χ2n) is 8.89. The molecular formula is C25H23N2O8S-. The highest BCUT2D eigenvalue weighted by molar-refractivity contribution is 7.87. The first-order valence-electron chi connectivity index (χ1n) is 11.4. The van der Waals surface area contributed by atoms with Crippen LogP contribution in [0.1, 0.15) is 28.3 Å². The quantitative estimate of drug-likeness (QED) is 0.402. The van der Waals surface area contributed by atoms with Crippen molar-refractivity contribution in [3.8, 4) is 23.0 Å². The van der Waals surface area contributed by atoms with Gasteiger partial charge in [-0.05, 0) is 65.9 Å². The van der Waals surface area contributed by atoms with Crippen LogP contribution in [0.25, 0.3) is 0 Å². The highest BCUT2D eigenvalue weighted by Crippen LogP contribution is 2.47. The molecule has 3 aliphatic rings. The molecule has 0 spiro atoms. The molecule has 1 atom stereocenters. The SMILES string of the molecule is COc1ccc2c(c1OS(=O)(=O)c1cccc(N([O-])O)c1)CN1CCc3cc4c(cc3C1C2)OCO4. The molecule has 1 N–H and O–H groups in total. The molecular weight excluding hydrogens is 488 g/mol. The lowest BCUT2D eigenvalue weighted by Crippen LogP contribution is -2.39. The number of ether oxygens (including phenoxy) is 3. The number of nitrogens with zero attached hydrogens (tertiary/aromatic N) is 2. The van der Waals surface area contributed by atoms with E-state index >= 15 is 0 Å². The average molecular weight is 512 g/mol. The molecule has 11 heteroatoms. The van der Waals surface area contributed by atoms with E-state index in [4.69, 9.17) is 18.4 Å². The van der Waals surface area contributed by atoms with E-state index in [-0.39, 0.29) is 29.2 Å². The summed E-state index contributed by atoms with van der Waals surface area (Å²) in [6.45, 7) is 1.48. The summed E-state index contributed by atoms with van der Waals surface area (Å²) in [5, 5.41) is 20.0. The Labute approximate surface area is 207 Å². The monoisotopic (exact) mass is 511 g/mol. The Hall–Kier alpha value is -3.51. The Bertz CT molecular complexity index is 1460. The summed E-state index contributed by atoms with van der Waals surface area (Å²) in [4.78, 5) is 2.04. The third-order valence-corrected chi connectivity index (χ3v) is 8.16. The number of anilines is 1. The van der Waals surface area contributed by atoms with Crippen molar-refractivity contribution < 1.29 is 32.0 Å². The minimum absolute atomic E-state index is 0.109. The molecule has 3 aromatic carbocycles. The van der Waals surface area contributed by atoms with Crippen LogP contribution in [0.4, 0.5) is 5.69 Å². The van der Waals surface area contributed by atoms with Gasteiger partial charge < -0.3 is 28.8 Å². The largest absolute Gasteiger partial charge is 0.733 e. The Morgan fingerprint density at radius 2 is 1.92 bits per heavy atom. The average Bonchev–Trinajstić information content (AvgIpc) is 3.34. The third kappa shape index (κ3) is 3.80. The summed E-state index contributed by atoms with van der Waals surface area (Å²) in [6.07, 6.45) is 1.49. The van der Waals surface area contributed by atoms with Crippen molar-refractivity contribution in [2.75, 3.05) is 25.7 Å². The Morgan fingerprint density at radius 1 is 1.11 bits per heavy atom. The van der Waals surface area contributed by atoms with Crippen LogP contribution in [-0.4, -0.2) is 39.0 Å². The number of hydrogen-bond acceptors (Lipinski definition) is 10. The van der Waals surface area contributed by atoms with Gasteiger partial charge in [-0.2, -0.15) is 8.42 Å². The van der Waals surface area contributed by atoms with E-state index in [2.05, 4.69) is 17.0 Å². The van der Waals surface area contributed by atoms with Crippen LogP contribution in [0.15, 0.2) is 53.4 Å². The zero-order valence-corrected chi connectivity index (χ0v) is 20.2. The fourth-order valence-corrected chi connectivity index (χ4v) is 6.17. The topological polar surface area (TPSA) is 121 Å². The van der Waals surface area contributed by atoms with Crippen molar-refractivity contribution in [3.05, 3.63) is 76.0 Å². The maximum atomic E-state index is 13.2. The van der Waals surface area contributed by atoms with E-state index in [1.54, 1.807) is 6.07 Å². The van der Waals surface area contributed by atoms with Crippen molar-refractivity contribution in [2.45, 2.75) is 30.3 Å². The van der Waals surface area contributed by atoms with Crippen LogP contribution in [0.2, 0.25) is 0 Å². The van der Waals surface area contributed by atoms with Crippen LogP contribution in [0.3, 0.4) is 0 Å². The molecule has 0 saturated heterocycles. The lowest BCUT2D eigenvalue weighted by molar-refractivity contribution is 0.159. The Kier molecular flexibility index (Phi) is 5.45. The molecule has 0 amide bonds. The van der Waals surface area contributed by atoms with Crippen molar-refractivity contribution in [2.24, 2.45) is 0 Å². The molecule has 188 valence electrons. The molecule has 0 fully saturated rings. The van der Waals surface area contributed by atoms with Crippen molar-refractivity contribution >= 4 is 15.8 Å². The van der Waals surface area contributed by atoms with Crippen LogP contribution in [0.5, 0.6) is 23.0 Å². The molecule has 0 aromatic heterocycles. The summed E-state index contributed by atoms with van der Waals surface area (Å²) in [6, 6.07) is 12.8. The number of hydrogen-bond donors (Lipinski definition) is 1. The molecule has 6 rings (SSSR count). The highest BCUT2D eigenvalue weighted by atomic mass is 32.2. The molecule has 0 radical (unpaired) electrons. The molecule has 3 aromatic rings. The number of benzene rings is 3. The molecule has 1 unspecified atom stereocenters. The van der Waals surface area contributed by atoms with Gasteiger partial charge in [-0.1, -0.05) is 12.1 Å². The van der Waals surface area contributed by atoms with Gasteiger partial charge in [-0.3, -0.25) is 10.1 Å². The van der Waals surface area contributed by atoms with Crippen LogP contribution < -0.4 is 23.6 Å². The second kappa shape index (κ2) is 8.56. The van der Waals surface area contributed by atoms with E-state index in [1.165, 1.54) is 36.4 Å². The van der Waals surface area contributed by atoms with Gasteiger partial charge in [-0.15, -0.1) is 0 Å². The molecule has 0 aliphatic carbocycles. The third-order valence-electron chi connectivity index (χ3n) is 6.94. The van der Waals surface area contributed by atoms with Crippen LogP contribution in [0, 0.1) is 5.21 Å². The maximum Gasteiger partial charge on any atom is 0.339 e. The van der Waals surface area contributed by atoms with E-state index in [1.807, 2.05) is 6.07 Å². The first kappa shape index (κ1) is 22.9. The first-order valence-corrected chi connectivity index (χ1v) is 12.8. The predicted octanol–water partition coefficient (Wildman–Crippen LogP) is 3.54. The van der Waals surface area contributed by atoms with E-state index in [0.29, 0.717) is 18.7 Å². The second-order valence-corrected chi connectivity index (χ2v) is 10.4. The van der Waals surface area contributed by atoms with Gasteiger partial charge in [-0.25, -0.2) is 0 Å². The minimum Gasteiger partial charge on any atom is -0.733 e. The molecule has 0 saturated carbocycles. The summed E-state index contributed by atoms with van der Waals surface area (Å²) < 4.78 is 48.6. The van der Waals surface area contributed by atoms with Crippen molar-refractivity contribution in [1.29, 1.82) is 0 Å². The van der Waals surface area contributed by atoms with Gasteiger partial charge >= 0.3 is 10.1 Å². The van der Waals surface area contributed by atoms with Gasteiger partial charge in [0.2, 0.25) is 6.79 Å². The van der Waals surface area contributed by atoms with Gasteiger partial charge in [0.1, 0.15) is 4.90 Å². The molecule has 0 bridgehead atoms.